The molecule has 3 aliphatic rings. The van der Waals surface area contributed by atoms with E-state index in [2.05, 4.69) is 27.1 Å². The van der Waals surface area contributed by atoms with Crippen LogP contribution in [0.3, 0.4) is 0 Å². The summed E-state index contributed by atoms with van der Waals surface area (Å²) in [7, 11) is 0. The monoisotopic (exact) mass is 703 g/mol. The van der Waals surface area contributed by atoms with Gasteiger partial charge in [0.15, 0.2) is 0 Å². The van der Waals surface area contributed by atoms with E-state index in [-0.39, 0.29) is 30.9 Å². The molecule has 1 aliphatic carbocycles. The highest BCUT2D eigenvalue weighted by molar-refractivity contribution is 6.07. The van der Waals surface area contributed by atoms with Crippen LogP contribution in [-0.2, 0) is 26.0 Å². The van der Waals surface area contributed by atoms with Gasteiger partial charge in [-0.15, -0.1) is 0 Å². The number of fused-ring (bicyclic) bond motifs is 2. The maximum Gasteiger partial charge on any atom is 0.416 e. The maximum atomic E-state index is 14.3. The molecule has 14 heteroatoms. The minimum Gasteiger partial charge on any atom is -0.342 e. The highest BCUT2D eigenvalue weighted by Crippen LogP contribution is 2.46. The van der Waals surface area contributed by atoms with Gasteiger partial charge in [-0.25, -0.2) is 4.68 Å². The zero-order valence-electron chi connectivity index (χ0n) is 28.6. The lowest BCUT2D eigenvalue weighted by molar-refractivity contribution is -0.138. The Morgan fingerprint density at radius 1 is 1.06 bits per heavy atom. The van der Waals surface area contributed by atoms with E-state index in [4.69, 9.17) is 0 Å². The Bertz CT molecular complexity index is 1870. The Morgan fingerprint density at radius 2 is 1.76 bits per heavy atom. The number of para-hydroxylation sites is 1. The molecule has 0 unspecified atom stereocenters. The van der Waals surface area contributed by atoms with Gasteiger partial charge >= 0.3 is 6.18 Å². The lowest BCUT2D eigenvalue weighted by Gasteiger charge is -2.32. The second kappa shape index (κ2) is 13.5. The molecule has 3 aromatic rings. The van der Waals surface area contributed by atoms with E-state index in [0.29, 0.717) is 30.1 Å². The van der Waals surface area contributed by atoms with Crippen LogP contribution >= 0.6 is 0 Å². The maximum absolute atomic E-state index is 14.3. The number of hydrogen-bond acceptors (Lipinski definition) is 6. The molecule has 4 atom stereocenters. The van der Waals surface area contributed by atoms with Gasteiger partial charge in [0.2, 0.25) is 17.7 Å². The molecule has 3 heterocycles. The highest BCUT2D eigenvalue weighted by Gasteiger charge is 2.56. The second-order valence-corrected chi connectivity index (χ2v) is 15.0. The van der Waals surface area contributed by atoms with Crippen LogP contribution in [0.4, 0.5) is 18.9 Å². The molecule has 0 bridgehead atoms. The summed E-state index contributed by atoms with van der Waals surface area (Å²) in [5.41, 5.74) is -0.551. The van der Waals surface area contributed by atoms with Crippen LogP contribution in [0.5, 0.6) is 0 Å². The van der Waals surface area contributed by atoms with Gasteiger partial charge in [-0.05, 0) is 66.5 Å². The van der Waals surface area contributed by atoms with E-state index >= 15 is 0 Å². The van der Waals surface area contributed by atoms with Crippen LogP contribution in [-0.4, -0.2) is 63.0 Å². The number of carbonyl (C=O) groups is 4. The van der Waals surface area contributed by atoms with Gasteiger partial charge in [-0.1, -0.05) is 51.8 Å². The number of hydrogen-bond donors (Lipinski definition) is 3. The molecule has 6 rings (SSSR count). The van der Waals surface area contributed by atoms with Crippen molar-refractivity contribution in [1.29, 1.82) is 5.26 Å². The fraction of sp³-hybridized carbons (Fsp3) is 0.459. The number of likely N-dealkylation sites (tertiary alicyclic amines) is 1. The number of amides is 4. The topological polar surface area (TPSA) is 149 Å². The Hall–Kier alpha value is -5.19. The van der Waals surface area contributed by atoms with Crippen molar-refractivity contribution in [3.05, 3.63) is 77.6 Å². The van der Waals surface area contributed by atoms with E-state index in [0.717, 1.165) is 30.5 Å². The summed E-state index contributed by atoms with van der Waals surface area (Å²) >= 11 is 0. The third-order valence-corrected chi connectivity index (χ3v) is 9.83. The van der Waals surface area contributed by atoms with Crippen LogP contribution in [0.25, 0.3) is 5.69 Å². The van der Waals surface area contributed by atoms with E-state index in [1.807, 2.05) is 32.9 Å². The van der Waals surface area contributed by atoms with Gasteiger partial charge in [-0.2, -0.15) is 23.5 Å². The van der Waals surface area contributed by atoms with Gasteiger partial charge in [0, 0.05) is 24.8 Å². The zero-order valence-corrected chi connectivity index (χ0v) is 28.6. The summed E-state index contributed by atoms with van der Waals surface area (Å²) in [6.07, 6.45) is 1.52. The van der Waals surface area contributed by atoms with Gasteiger partial charge in [0.05, 0.1) is 34.5 Å². The molecule has 4 amide bonds. The first-order valence-electron chi connectivity index (χ1n) is 17.0. The number of anilines is 1. The number of nitriles is 1. The summed E-state index contributed by atoms with van der Waals surface area (Å²) in [6, 6.07) is 10.8. The Morgan fingerprint density at radius 3 is 2.41 bits per heavy atom. The van der Waals surface area contributed by atoms with Crippen molar-refractivity contribution in [2.24, 2.45) is 11.3 Å². The average Bonchev–Trinajstić information content (AvgIpc) is 3.51. The number of aromatic nitrogens is 2. The lowest BCUT2D eigenvalue weighted by Crippen LogP contribution is -2.56. The predicted octanol–water partition coefficient (Wildman–Crippen LogP) is 5.12. The number of carbonyl (C=O) groups excluding carboxylic acids is 4. The molecule has 3 N–H and O–H groups in total. The van der Waals surface area contributed by atoms with Crippen LogP contribution in [0.15, 0.2) is 60.9 Å². The van der Waals surface area contributed by atoms with Crippen molar-refractivity contribution in [2.45, 2.75) is 89.0 Å². The fourth-order valence-electron chi connectivity index (χ4n) is 6.97. The molecule has 1 saturated heterocycles. The van der Waals surface area contributed by atoms with Crippen LogP contribution in [0.2, 0.25) is 0 Å². The molecule has 11 nitrogen and oxygen atoms in total. The summed E-state index contributed by atoms with van der Waals surface area (Å²) in [4.78, 5) is 56.4. The normalized spacial score (nSPS) is 21.1. The van der Waals surface area contributed by atoms with Crippen molar-refractivity contribution in [1.82, 2.24) is 25.3 Å². The van der Waals surface area contributed by atoms with Gasteiger partial charge in [0.1, 0.15) is 18.1 Å². The molecule has 2 fully saturated rings. The van der Waals surface area contributed by atoms with Crippen LogP contribution in [0.1, 0.15) is 80.8 Å². The minimum atomic E-state index is -4.49. The number of halogens is 3. The Kier molecular flexibility index (Phi) is 9.43. The van der Waals surface area contributed by atoms with E-state index < -0.39 is 58.4 Å². The summed E-state index contributed by atoms with van der Waals surface area (Å²) in [6.45, 7) is 5.75. The van der Waals surface area contributed by atoms with Crippen molar-refractivity contribution < 1.29 is 32.3 Å². The average molecular weight is 704 g/mol. The minimum absolute atomic E-state index is 0.0197. The number of rotatable bonds is 10. The van der Waals surface area contributed by atoms with Gasteiger partial charge < -0.3 is 20.9 Å². The lowest BCUT2D eigenvalue weighted by atomic mass is 9.80. The molecule has 2 aliphatic heterocycles. The van der Waals surface area contributed by atoms with Crippen molar-refractivity contribution in [3.8, 4) is 11.8 Å². The molecule has 1 saturated carbocycles. The number of nitrogens with zero attached hydrogens (tertiary/aromatic N) is 4. The number of alkyl halides is 3. The largest absolute Gasteiger partial charge is 0.416 e. The summed E-state index contributed by atoms with van der Waals surface area (Å²) in [5.74, 6) is -1.50. The molecule has 2 aromatic carbocycles. The molecular weight excluding hydrogens is 663 g/mol. The Balaban J connectivity index is 1.20. The molecule has 1 spiro atoms. The first-order chi connectivity index (χ1) is 24.1. The third-order valence-electron chi connectivity index (χ3n) is 9.83. The van der Waals surface area contributed by atoms with Gasteiger partial charge in [-0.3, -0.25) is 19.2 Å². The molecular formula is C37H40F3N7O4. The van der Waals surface area contributed by atoms with Crippen LogP contribution in [0, 0.1) is 22.7 Å². The third kappa shape index (κ3) is 7.62. The predicted molar refractivity (Wildman–Crippen MR) is 180 cm³/mol. The van der Waals surface area contributed by atoms with Crippen LogP contribution < -0.4 is 16.0 Å². The smallest absolute Gasteiger partial charge is 0.342 e. The summed E-state index contributed by atoms with van der Waals surface area (Å²) in [5, 5.41) is 22.8. The van der Waals surface area contributed by atoms with Crippen molar-refractivity contribution in [3.63, 3.8) is 0 Å². The number of benzene rings is 2. The standard InChI is InChI=1S/C37H40F3N7O4/c1-35(2,3)17-30(33(50)46-21-36(16-26(46)18-41)27-6-4-5-7-28(27)45-34(36)51)44-32(49)29(15-10-22-8-9-22)43-31(48)23-19-42-47(20-23)25-13-11-24(12-14-25)37(38,39)40/h4-7,11-14,19-20,22,26,29-30H,8-10,15-17,21H2,1-3H3,(H,43,48)(H,44,49)(H,45,51)/t26-,29-,30-,36-/m0/s1. The van der Waals surface area contributed by atoms with E-state index in [9.17, 15) is 37.6 Å². The Labute approximate surface area is 293 Å². The van der Waals surface area contributed by atoms with Gasteiger partial charge in [0.25, 0.3) is 5.91 Å². The zero-order chi connectivity index (χ0) is 36.7. The first kappa shape index (κ1) is 35.6. The second-order valence-electron chi connectivity index (χ2n) is 15.0. The first-order valence-corrected chi connectivity index (χ1v) is 17.0. The SMILES string of the molecule is CC(C)(C)C[C@H](NC(=O)[C@H](CCC1CC1)NC(=O)c1cnn(-c2ccc(C(F)(F)F)cc2)c1)C(=O)N1C[C@]2(C[C@H]1C#N)C(=O)Nc1ccccc12. The van der Waals surface area contributed by atoms with E-state index in [1.54, 1.807) is 12.1 Å². The molecule has 51 heavy (non-hydrogen) atoms. The van der Waals surface area contributed by atoms with Crippen molar-refractivity contribution in [2.75, 3.05) is 11.9 Å². The number of nitrogens with one attached hydrogen (secondary N) is 3. The summed E-state index contributed by atoms with van der Waals surface area (Å²) < 4.78 is 40.3. The van der Waals surface area contributed by atoms with E-state index in [1.165, 1.54) is 34.1 Å². The molecule has 268 valence electrons. The molecule has 1 aromatic heterocycles. The quantitative estimate of drug-likeness (QED) is 0.267. The fourth-order valence-corrected chi connectivity index (χ4v) is 6.97. The highest BCUT2D eigenvalue weighted by atomic mass is 19.4. The van der Waals surface area contributed by atoms with Crippen molar-refractivity contribution >= 4 is 29.3 Å². The molecule has 0 radical (unpaired) electrons.